The third-order valence-electron chi connectivity index (χ3n) is 6.39. The van der Waals surface area contributed by atoms with Crippen LogP contribution >= 0.6 is 21.6 Å². The summed E-state index contributed by atoms with van der Waals surface area (Å²) in [5, 5.41) is 0. The van der Waals surface area contributed by atoms with E-state index in [0.717, 1.165) is 0 Å². The molecule has 4 heterocycles. The maximum Gasteiger partial charge on any atom is 0.308 e. The summed E-state index contributed by atoms with van der Waals surface area (Å²) in [6, 6.07) is 0. The molecule has 36 heavy (non-hydrogen) atoms. The first-order valence-corrected chi connectivity index (χ1v) is 15.1. The lowest BCUT2D eigenvalue weighted by atomic mass is 10.1. The van der Waals surface area contributed by atoms with Crippen molar-refractivity contribution in [3.05, 3.63) is 0 Å². The van der Waals surface area contributed by atoms with Crippen LogP contribution < -0.4 is 0 Å². The van der Waals surface area contributed by atoms with Gasteiger partial charge in [-0.3, -0.25) is 9.59 Å². The summed E-state index contributed by atoms with van der Waals surface area (Å²) in [6.45, 7) is 11.7. The number of esters is 2. The summed E-state index contributed by atoms with van der Waals surface area (Å²) in [5.41, 5.74) is 0. The summed E-state index contributed by atoms with van der Waals surface area (Å²) in [6.07, 6.45) is -2.09. The van der Waals surface area contributed by atoms with Gasteiger partial charge in [-0.2, -0.15) is 0 Å². The Morgan fingerprint density at radius 1 is 0.639 bits per heavy atom. The molecule has 0 spiro atoms. The Labute approximate surface area is 220 Å². The summed E-state index contributed by atoms with van der Waals surface area (Å²) in [5.74, 6) is -0.750. The van der Waals surface area contributed by atoms with Crippen LogP contribution in [0.25, 0.3) is 0 Å². The summed E-state index contributed by atoms with van der Waals surface area (Å²) in [4.78, 5) is 24.1. The Morgan fingerprint density at radius 2 is 0.972 bits per heavy atom. The van der Waals surface area contributed by atoms with Crippen LogP contribution in [0.1, 0.15) is 54.4 Å². The Kier molecular flexibility index (Phi) is 9.19. The first-order valence-electron chi connectivity index (χ1n) is 12.6. The van der Waals surface area contributed by atoms with Crippen molar-refractivity contribution in [2.45, 2.75) is 115 Å². The smallest absolute Gasteiger partial charge is 0.308 e. The lowest BCUT2D eigenvalue weighted by Gasteiger charge is -2.24. The van der Waals surface area contributed by atoms with E-state index >= 15 is 0 Å². The molecule has 8 atom stereocenters. The van der Waals surface area contributed by atoms with E-state index in [1.807, 2.05) is 27.7 Å². The maximum atomic E-state index is 12.1. The van der Waals surface area contributed by atoms with Crippen molar-refractivity contribution in [3.8, 4) is 0 Å². The maximum absolute atomic E-state index is 12.1. The minimum Gasteiger partial charge on any atom is -0.466 e. The van der Waals surface area contributed by atoms with Gasteiger partial charge in [0.1, 0.15) is 24.4 Å². The summed E-state index contributed by atoms with van der Waals surface area (Å²) >= 11 is 0. The second kappa shape index (κ2) is 11.6. The Morgan fingerprint density at radius 3 is 1.31 bits per heavy atom. The SMILES string of the molecule is CCOC(=O)C[C@@H]1O[C@H](CSSC[C@@H]2O[C@H](CC(=O)OCC)[C@H]3OC(C)(C)O[C@H]32)[C@@H]2OC(C)(C)O[C@@H]21. The molecule has 10 nitrogen and oxygen atoms in total. The van der Waals surface area contributed by atoms with Crippen LogP contribution in [0, 0.1) is 0 Å². The van der Waals surface area contributed by atoms with E-state index in [4.69, 9.17) is 37.9 Å². The third-order valence-corrected chi connectivity index (χ3v) is 8.80. The van der Waals surface area contributed by atoms with Crippen LogP contribution in [0.3, 0.4) is 0 Å². The molecule has 0 aromatic heterocycles. The number of carbonyl (C=O) groups is 2. The lowest BCUT2D eigenvalue weighted by molar-refractivity contribution is -0.187. The Balaban J connectivity index is 1.29. The van der Waals surface area contributed by atoms with Gasteiger partial charge in [-0.1, -0.05) is 21.6 Å². The van der Waals surface area contributed by atoms with Gasteiger partial charge in [0.15, 0.2) is 11.6 Å². The van der Waals surface area contributed by atoms with Gasteiger partial charge in [0.25, 0.3) is 0 Å². The van der Waals surface area contributed by atoms with E-state index in [1.54, 1.807) is 35.4 Å². The van der Waals surface area contributed by atoms with Crippen LogP contribution in [0.4, 0.5) is 0 Å². The molecule has 0 amide bonds. The molecule has 0 unspecified atom stereocenters. The van der Waals surface area contributed by atoms with Crippen LogP contribution in [0.15, 0.2) is 0 Å². The molecule has 0 bridgehead atoms. The van der Waals surface area contributed by atoms with E-state index in [1.165, 1.54) is 0 Å². The second-order valence-corrected chi connectivity index (χ2v) is 12.7. The van der Waals surface area contributed by atoms with Crippen LogP contribution in [-0.2, 0) is 47.5 Å². The van der Waals surface area contributed by atoms with E-state index in [9.17, 15) is 9.59 Å². The van der Waals surface area contributed by atoms with Gasteiger partial charge < -0.3 is 37.9 Å². The van der Waals surface area contributed by atoms with Crippen molar-refractivity contribution >= 4 is 33.5 Å². The molecule has 0 N–H and O–H groups in total. The van der Waals surface area contributed by atoms with Crippen LogP contribution in [-0.4, -0.2) is 97.1 Å². The second-order valence-electron chi connectivity index (χ2n) is 10.1. The first-order chi connectivity index (χ1) is 17.0. The quantitative estimate of drug-likeness (QED) is 0.214. The van der Waals surface area contributed by atoms with E-state index in [-0.39, 0.29) is 61.4 Å². The molecule has 0 aromatic rings. The van der Waals surface area contributed by atoms with E-state index in [0.29, 0.717) is 24.7 Å². The van der Waals surface area contributed by atoms with E-state index in [2.05, 4.69) is 0 Å². The Hall–Kier alpha value is -0.600. The minimum absolute atomic E-state index is 0.136. The highest BCUT2D eigenvalue weighted by molar-refractivity contribution is 8.76. The zero-order valence-corrected chi connectivity index (χ0v) is 23.4. The molecular formula is C24H38O10S2. The Bertz CT molecular complexity index is 729. The molecule has 0 aliphatic carbocycles. The number of hydrogen-bond donors (Lipinski definition) is 0. The molecular weight excluding hydrogens is 512 g/mol. The fourth-order valence-corrected chi connectivity index (χ4v) is 7.52. The standard InChI is InChI=1S/C24H38O10S2/c1-7-27-17(25)9-13-19-21(33-23(3,4)31-19)15(29-13)11-35-36-12-16-22-20(32-24(5,6)34-22)14(30-16)10-18(26)28-8-2/h13-16,19-22H,7-12H2,1-6H3/t13-,14+,15+,16-,19-,20-,21+,22+/m1/s1. The van der Waals surface area contributed by atoms with Crippen LogP contribution in [0.2, 0.25) is 0 Å². The van der Waals surface area contributed by atoms with Gasteiger partial charge in [0.2, 0.25) is 0 Å². The predicted molar refractivity (Wildman–Crippen MR) is 132 cm³/mol. The number of hydrogen-bond acceptors (Lipinski definition) is 12. The number of rotatable bonds is 11. The number of carbonyl (C=O) groups excluding carboxylic acids is 2. The monoisotopic (exact) mass is 550 g/mol. The van der Waals surface area contributed by atoms with E-state index < -0.39 is 23.8 Å². The van der Waals surface area contributed by atoms with Crippen molar-refractivity contribution in [3.63, 3.8) is 0 Å². The fraction of sp³-hybridized carbons (Fsp3) is 0.917. The normalized spacial score (nSPS) is 38.1. The molecule has 4 rings (SSSR count). The topological polar surface area (TPSA) is 108 Å². The zero-order chi connectivity index (χ0) is 26.1. The zero-order valence-electron chi connectivity index (χ0n) is 21.8. The fourth-order valence-electron chi connectivity index (χ4n) is 5.14. The molecule has 4 saturated heterocycles. The van der Waals surface area contributed by atoms with Gasteiger partial charge in [0.05, 0.1) is 50.5 Å². The molecule has 206 valence electrons. The van der Waals surface area contributed by atoms with Crippen molar-refractivity contribution < 1.29 is 47.5 Å². The predicted octanol–water partition coefficient (Wildman–Crippen LogP) is 2.85. The third kappa shape index (κ3) is 6.69. The summed E-state index contributed by atoms with van der Waals surface area (Å²) in [7, 11) is 3.29. The van der Waals surface area contributed by atoms with Gasteiger partial charge in [-0.05, 0) is 41.5 Å². The van der Waals surface area contributed by atoms with Gasteiger partial charge in [-0.15, -0.1) is 0 Å². The highest BCUT2D eigenvalue weighted by Gasteiger charge is 2.57. The number of ether oxygens (including phenoxy) is 8. The molecule has 12 heteroatoms. The van der Waals surface area contributed by atoms with Gasteiger partial charge in [0, 0.05) is 11.5 Å². The van der Waals surface area contributed by atoms with Crippen molar-refractivity contribution in [1.29, 1.82) is 0 Å². The molecule has 0 radical (unpaired) electrons. The molecule has 4 aliphatic heterocycles. The average molecular weight is 551 g/mol. The lowest BCUT2D eigenvalue weighted by Crippen LogP contribution is -2.32. The molecule has 4 fully saturated rings. The van der Waals surface area contributed by atoms with Crippen molar-refractivity contribution in [2.75, 3.05) is 24.7 Å². The first kappa shape index (κ1) is 28.4. The van der Waals surface area contributed by atoms with Crippen LogP contribution in [0.5, 0.6) is 0 Å². The largest absolute Gasteiger partial charge is 0.466 e. The molecule has 0 saturated carbocycles. The molecule has 0 aromatic carbocycles. The minimum atomic E-state index is -0.727. The average Bonchev–Trinajstić information content (AvgIpc) is 3.45. The molecule has 4 aliphatic rings. The highest BCUT2D eigenvalue weighted by atomic mass is 33.1. The van der Waals surface area contributed by atoms with Crippen molar-refractivity contribution in [1.82, 2.24) is 0 Å². The van der Waals surface area contributed by atoms with Crippen molar-refractivity contribution in [2.24, 2.45) is 0 Å². The van der Waals surface area contributed by atoms with Gasteiger partial charge in [-0.25, -0.2) is 0 Å². The summed E-state index contributed by atoms with van der Waals surface area (Å²) < 4.78 is 46.9. The van der Waals surface area contributed by atoms with Gasteiger partial charge >= 0.3 is 11.9 Å². The highest BCUT2D eigenvalue weighted by Crippen LogP contribution is 2.44. The number of fused-ring (bicyclic) bond motifs is 2.